The van der Waals surface area contributed by atoms with Crippen molar-refractivity contribution in [2.45, 2.75) is 20.3 Å². The molecule has 0 unspecified atom stereocenters. The van der Waals surface area contributed by atoms with Crippen molar-refractivity contribution in [3.05, 3.63) is 33.8 Å². The normalized spacial score (nSPS) is 9.62. The highest BCUT2D eigenvalue weighted by molar-refractivity contribution is 6.32. The number of hydrogen-bond acceptors (Lipinski definition) is 3. The lowest BCUT2D eigenvalue weighted by Gasteiger charge is -2.08. The van der Waals surface area contributed by atoms with Crippen molar-refractivity contribution in [2.75, 3.05) is 6.61 Å². The van der Waals surface area contributed by atoms with Gasteiger partial charge >= 0.3 is 5.97 Å². The average Bonchev–Trinajstić information content (AvgIpc) is 2.28. The average molecular weight is 238 g/mol. The van der Waals surface area contributed by atoms with Gasteiger partial charge in [0.05, 0.1) is 22.8 Å². The third-order valence-corrected chi connectivity index (χ3v) is 2.50. The Kier molecular flexibility index (Phi) is 4.33. The van der Waals surface area contributed by atoms with Gasteiger partial charge in [-0.15, -0.1) is 0 Å². The van der Waals surface area contributed by atoms with E-state index in [1.165, 1.54) is 6.07 Å². The van der Waals surface area contributed by atoms with Crippen molar-refractivity contribution in [1.82, 2.24) is 0 Å². The molecule has 84 valence electrons. The topological polar surface area (TPSA) is 50.1 Å². The van der Waals surface area contributed by atoms with E-state index < -0.39 is 5.97 Å². The van der Waals surface area contributed by atoms with Crippen LogP contribution in [0, 0.1) is 11.3 Å². The zero-order valence-corrected chi connectivity index (χ0v) is 9.97. The summed E-state index contributed by atoms with van der Waals surface area (Å²) < 4.78 is 4.92. The summed E-state index contributed by atoms with van der Waals surface area (Å²) in [5.74, 6) is -0.410. The summed E-state index contributed by atoms with van der Waals surface area (Å²) in [4.78, 5) is 11.6. The van der Waals surface area contributed by atoms with Gasteiger partial charge in [-0.2, -0.15) is 5.26 Å². The SMILES string of the molecule is CCOC(=O)c1cc(C#N)c(Cl)cc1CC. The molecule has 16 heavy (non-hydrogen) atoms. The van der Waals surface area contributed by atoms with E-state index in [2.05, 4.69) is 0 Å². The molecule has 0 saturated carbocycles. The summed E-state index contributed by atoms with van der Waals surface area (Å²) in [6, 6.07) is 5.07. The second-order valence-corrected chi connectivity index (χ2v) is 3.58. The molecule has 0 aliphatic heterocycles. The number of halogens is 1. The molecule has 0 radical (unpaired) electrons. The lowest BCUT2D eigenvalue weighted by molar-refractivity contribution is 0.0525. The van der Waals surface area contributed by atoms with E-state index in [9.17, 15) is 4.79 Å². The Morgan fingerprint density at radius 1 is 1.50 bits per heavy atom. The molecule has 0 fully saturated rings. The van der Waals surface area contributed by atoms with Crippen molar-refractivity contribution < 1.29 is 9.53 Å². The molecule has 0 aromatic heterocycles. The van der Waals surface area contributed by atoms with Crippen LogP contribution in [-0.2, 0) is 11.2 Å². The maximum absolute atomic E-state index is 11.6. The molecule has 1 aromatic rings. The summed E-state index contributed by atoms with van der Waals surface area (Å²) in [6.45, 7) is 3.97. The Balaban J connectivity index is 3.26. The molecule has 3 nitrogen and oxygen atoms in total. The highest BCUT2D eigenvalue weighted by atomic mass is 35.5. The Morgan fingerprint density at radius 3 is 2.69 bits per heavy atom. The lowest BCUT2D eigenvalue weighted by Crippen LogP contribution is -2.08. The minimum absolute atomic E-state index is 0.293. The fourth-order valence-electron chi connectivity index (χ4n) is 1.39. The van der Waals surface area contributed by atoms with Crippen LogP contribution in [0.25, 0.3) is 0 Å². The second-order valence-electron chi connectivity index (χ2n) is 3.18. The van der Waals surface area contributed by atoms with Gasteiger partial charge in [0.1, 0.15) is 6.07 Å². The number of carbonyl (C=O) groups excluding carboxylic acids is 1. The fraction of sp³-hybridized carbons (Fsp3) is 0.333. The molecule has 0 bridgehead atoms. The molecule has 0 atom stereocenters. The smallest absolute Gasteiger partial charge is 0.338 e. The van der Waals surface area contributed by atoms with Crippen LogP contribution in [-0.4, -0.2) is 12.6 Å². The summed E-state index contributed by atoms with van der Waals surface area (Å²) in [5.41, 5.74) is 1.51. The van der Waals surface area contributed by atoms with Crippen LogP contribution in [0.5, 0.6) is 0 Å². The van der Waals surface area contributed by atoms with Crippen molar-refractivity contribution in [1.29, 1.82) is 5.26 Å². The van der Waals surface area contributed by atoms with E-state index in [-0.39, 0.29) is 0 Å². The molecule has 0 spiro atoms. The first-order chi connectivity index (χ1) is 7.63. The molecule has 1 aromatic carbocycles. The van der Waals surface area contributed by atoms with Gasteiger partial charge in [0.25, 0.3) is 0 Å². The van der Waals surface area contributed by atoms with Crippen LogP contribution >= 0.6 is 11.6 Å². The lowest BCUT2D eigenvalue weighted by atomic mass is 10.0. The molecule has 4 heteroatoms. The van der Waals surface area contributed by atoms with Gasteiger partial charge in [0.15, 0.2) is 0 Å². The largest absolute Gasteiger partial charge is 0.462 e. The van der Waals surface area contributed by atoms with Gasteiger partial charge < -0.3 is 4.74 Å². The molecular formula is C12H12ClNO2. The van der Waals surface area contributed by atoms with Crippen LogP contribution in [0.2, 0.25) is 5.02 Å². The van der Waals surface area contributed by atoms with E-state index in [1.54, 1.807) is 13.0 Å². The first kappa shape index (κ1) is 12.5. The zero-order valence-electron chi connectivity index (χ0n) is 9.21. The number of ether oxygens (including phenoxy) is 1. The molecule has 0 saturated heterocycles. The van der Waals surface area contributed by atoms with Crippen LogP contribution in [0.1, 0.15) is 35.3 Å². The van der Waals surface area contributed by atoms with Gasteiger partial charge in [0, 0.05) is 0 Å². The van der Waals surface area contributed by atoms with Gasteiger partial charge in [-0.3, -0.25) is 0 Å². The molecule has 1 rings (SSSR count). The van der Waals surface area contributed by atoms with Crippen molar-refractivity contribution >= 4 is 17.6 Å². The quantitative estimate of drug-likeness (QED) is 0.760. The summed E-state index contributed by atoms with van der Waals surface area (Å²) in [7, 11) is 0. The number of aryl methyl sites for hydroxylation is 1. The van der Waals surface area contributed by atoms with Crippen LogP contribution in [0.3, 0.4) is 0 Å². The molecule has 0 aliphatic rings. The number of hydrogen-bond donors (Lipinski definition) is 0. The van der Waals surface area contributed by atoms with Crippen molar-refractivity contribution in [3.8, 4) is 6.07 Å². The number of carbonyl (C=O) groups is 1. The summed E-state index contributed by atoms with van der Waals surface area (Å²) in [6.07, 6.45) is 0.666. The van der Waals surface area contributed by atoms with E-state index in [1.807, 2.05) is 13.0 Å². The van der Waals surface area contributed by atoms with E-state index >= 15 is 0 Å². The Hall–Kier alpha value is -1.53. The Bertz CT molecular complexity index is 449. The predicted octanol–water partition coefficient (Wildman–Crippen LogP) is 2.95. The number of esters is 1. The molecular weight excluding hydrogens is 226 g/mol. The Morgan fingerprint density at radius 2 is 2.19 bits per heavy atom. The minimum atomic E-state index is -0.410. The maximum Gasteiger partial charge on any atom is 0.338 e. The van der Waals surface area contributed by atoms with Gasteiger partial charge in [-0.1, -0.05) is 18.5 Å². The van der Waals surface area contributed by atoms with E-state index in [0.29, 0.717) is 29.2 Å². The molecule has 0 amide bonds. The van der Waals surface area contributed by atoms with Crippen LogP contribution < -0.4 is 0 Å². The zero-order chi connectivity index (χ0) is 12.1. The molecule has 0 heterocycles. The molecule has 0 N–H and O–H groups in total. The van der Waals surface area contributed by atoms with E-state index in [0.717, 1.165) is 5.56 Å². The predicted molar refractivity (Wildman–Crippen MR) is 61.5 cm³/mol. The van der Waals surface area contributed by atoms with E-state index in [4.69, 9.17) is 21.6 Å². The highest BCUT2D eigenvalue weighted by Gasteiger charge is 2.14. The number of nitriles is 1. The van der Waals surface area contributed by atoms with Gasteiger partial charge in [-0.05, 0) is 31.0 Å². The first-order valence-corrected chi connectivity index (χ1v) is 5.41. The third kappa shape index (κ3) is 2.53. The summed E-state index contributed by atoms with van der Waals surface area (Å²) >= 11 is 5.89. The second kappa shape index (κ2) is 5.53. The highest BCUT2D eigenvalue weighted by Crippen LogP contribution is 2.22. The third-order valence-electron chi connectivity index (χ3n) is 2.19. The summed E-state index contributed by atoms with van der Waals surface area (Å²) in [5, 5.41) is 9.20. The Labute approximate surface area is 99.6 Å². The van der Waals surface area contributed by atoms with Gasteiger partial charge in [-0.25, -0.2) is 4.79 Å². The standard InChI is InChI=1S/C12H12ClNO2/c1-3-8-6-11(13)9(7-14)5-10(8)12(15)16-4-2/h5-6H,3-4H2,1-2H3. The maximum atomic E-state index is 11.6. The van der Waals surface area contributed by atoms with Gasteiger partial charge in [0.2, 0.25) is 0 Å². The fourth-order valence-corrected chi connectivity index (χ4v) is 1.62. The van der Waals surface area contributed by atoms with Crippen molar-refractivity contribution in [3.63, 3.8) is 0 Å². The van der Waals surface area contributed by atoms with Crippen molar-refractivity contribution in [2.24, 2.45) is 0 Å². The molecule has 0 aliphatic carbocycles. The number of benzene rings is 1. The number of rotatable bonds is 3. The minimum Gasteiger partial charge on any atom is -0.462 e. The van der Waals surface area contributed by atoms with Crippen LogP contribution in [0.15, 0.2) is 12.1 Å². The number of nitrogens with zero attached hydrogens (tertiary/aromatic N) is 1. The monoisotopic (exact) mass is 237 g/mol. The first-order valence-electron chi connectivity index (χ1n) is 5.03. The van der Waals surface area contributed by atoms with Crippen LogP contribution in [0.4, 0.5) is 0 Å².